The van der Waals surface area contributed by atoms with E-state index in [4.69, 9.17) is 9.16 Å². The second kappa shape index (κ2) is 14.3. The highest BCUT2D eigenvalue weighted by Crippen LogP contribution is 2.38. The summed E-state index contributed by atoms with van der Waals surface area (Å²) >= 11 is 0. The molecule has 0 aromatic heterocycles. The summed E-state index contributed by atoms with van der Waals surface area (Å²) in [6.07, 6.45) is 3.62. The second-order valence-electron chi connectivity index (χ2n) is 13.1. The van der Waals surface area contributed by atoms with Crippen LogP contribution in [0.25, 0.3) is 0 Å². The van der Waals surface area contributed by atoms with E-state index in [-0.39, 0.29) is 28.5 Å². The van der Waals surface area contributed by atoms with E-state index in [2.05, 4.69) is 151 Å². The number of aliphatic hydroxyl groups excluding tert-OH is 1. The van der Waals surface area contributed by atoms with Gasteiger partial charge in [0, 0.05) is 31.1 Å². The Morgan fingerprint density at radius 1 is 0.780 bits per heavy atom. The fourth-order valence-corrected chi connectivity index (χ4v) is 14.6. The van der Waals surface area contributed by atoms with Crippen LogP contribution in [0, 0.1) is 11.8 Å². The van der Waals surface area contributed by atoms with Crippen molar-refractivity contribution >= 4 is 32.0 Å². The van der Waals surface area contributed by atoms with Gasteiger partial charge >= 0.3 is 0 Å². The maximum absolute atomic E-state index is 11.9. The van der Waals surface area contributed by atoms with Crippen LogP contribution >= 0.6 is 0 Å². The topological polar surface area (TPSA) is 38.7 Å². The molecule has 0 aliphatic rings. The first-order valence-corrected chi connectivity index (χ1v) is 20.0. The third kappa shape index (κ3) is 7.20. The third-order valence-electron chi connectivity index (χ3n) is 8.99. The Bertz CT molecular complexity index is 1170. The number of hydrogen-bond acceptors (Lipinski definition) is 3. The standard InChI is InChI=1S/C36H52O3Si2/c1-10-20-33(40(8,9)30-21-14-11-15-22-30)34(37)29(3)35(38-7)28(2)27-39-41(36(4,5)6,31-23-16-12-17-24-31)32-25-18-13-19-26-32/h10-26,28-29,33-35,37H,27H2,1-9H3/b20-10-/t28-,29+,33+,34-,35-/m1/s1. The molecule has 222 valence electrons. The minimum absolute atomic E-state index is 0.0624. The van der Waals surface area contributed by atoms with Crippen LogP contribution in [0.3, 0.4) is 0 Å². The molecule has 3 aromatic carbocycles. The molecular weight excluding hydrogens is 537 g/mol. The van der Waals surface area contributed by atoms with Crippen LogP contribution in [0.5, 0.6) is 0 Å². The quantitative estimate of drug-likeness (QED) is 0.177. The number of ether oxygens (including phenoxy) is 1. The average molecular weight is 589 g/mol. The maximum atomic E-state index is 11.9. The predicted octanol–water partition coefficient (Wildman–Crippen LogP) is 6.77. The van der Waals surface area contributed by atoms with Gasteiger partial charge in [-0.1, -0.05) is 156 Å². The van der Waals surface area contributed by atoms with Crippen molar-refractivity contribution in [1.29, 1.82) is 0 Å². The molecule has 0 heterocycles. The molecule has 0 unspecified atom stereocenters. The molecule has 3 rings (SSSR count). The molecular formula is C36H52O3Si2. The molecule has 3 nitrogen and oxygen atoms in total. The highest BCUT2D eigenvalue weighted by atomic mass is 28.4. The van der Waals surface area contributed by atoms with Gasteiger partial charge in [0.25, 0.3) is 8.32 Å². The van der Waals surface area contributed by atoms with Crippen molar-refractivity contribution in [3.8, 4) is 0 Å². The van der Waals surface area contributed by atoms with E-state index in [0.29, 0.717) is 6.61 Å². The number of allylic oxidation sites excluding steroid dienone is 1. The first-order chi connectivity index (χ1) is 19.4. The molecule has 0 saturated carbocycles. The predicted molar refractivity (Wildman–Crippen MR) is 181 cm³/mol. The van der Waals surface area contributed by atoms with Crippen molar-refractivity contribution in [3.05, 3.63) is 103 Å². The van der Waals surface area contributed by atoms with Gasteiger partial charge in [-0.15, -0.1) is 0 Å². The Hall–Kier alpha value is -2.29. The second-order valence-corrected chi connectivity index (χ2v) is 22.1. The normalized spacial score (nSPS) is 16.7. The SMILES string of the molecule is C/C=C\[C@@H]([C@H](O)[C@H](C)[C@H](OC)[C@H](C)CO[Si](c1ccccc1)(c1ccccc1)C(C)(C)C)[Si](C)(C)c1ccccc1. The monoisotopic (exact) mass is 588 g/mol. The average Bonchev–Trinajstić information content (AvgIpc) is 2.97. The summed E-state index contributed by atoms with van der Waals surface area (Å²) in [6, 6.07) is 32.3. The molecule has 0 aliphatic heterocycles. The summed E-state index contributed by atoms with van der Waals surface area (Å²) in [5, 5.41) is 15.8. The van der Waals surface area contributed by atoms with Crippen molar-refractivity contribution in [2.24, 2.45) is 11.8 Å². The first-order valence-electron chi connectivity index (χ1n) is 15.1. The van der Waals surface area contributed by atoms with Crippen molar-refractivity contribution < 1.29 is 14.3 Å². The highest BCUT2D eigenvalue weighted by Gasteiger charge is 2.51. The first kappa shape index (κ1) is 33.2. The third-order valence-corrected chi connectivity index (χ3v) is 18.0. The van der Waals surface area contributed by atoms with Crippen LogP contribution < -0.4 is 15.6 Å². The van der Waals surface area contributed by atoms with E-state index in [9.17, 15) is 5.11 Å². The van der Waals surface area contributed by atoms with E-state index in [1.54, 1.807) is 7.11 Å². The Labute approximate surface area is 251 Å². The summed E-state index contributed by atoms with van der Waals surface area (Å²) in [6.45, 7) is 18.6. The lowest BCUT2D eigenvalue weighted by Gasteiger charge is -2.44. The van der Waals surface area contributed by atoms with Crippen molar-refractivity contribution in [1.82, 2.24) is 0 Å². The molecule has 0 bridgehead atoms. The molecule has 0 radical (unpaired) electrons. The molecule has 5 atom stereocenters. The summed E-state index contributed by atoms with van der Waals surface area (Å²) in [7, 11) is -2.92. The molecule has 0 amide bonds. The zero-order valence-corrected chi connectivity index (χ0v) is 28.7. The van der Waals surface area contributed by atoms with Gasteiger partial charge in [0.1, 0.15) is 0 Å². The minimum Gasteiger partial charge on any atom is -0.407 e. The van der Waals surface area contributed by atoms with Crippen LogP contribution in [0.4, 0.5) is 0 Å². The summed E-state index contributed by atoms with van der Waals surface area (Å²) in [5.74, 6) is 0.00787. The number of hydrogen-bond donors (Lipinski definition) is 1. The lowest BCUT2D eigenvalue weighted by Crippen LogP contribution is -2.67. The van der Waals surface area contributed by atoms with E-state index in [1.807, 2.05) is 6.92 Å². The van der Waals surface area contributed by atoms with Crippen LogP contribution in [-0.4, -0.2) is 47.4 Å². The largest absolute Gasteiger partial charge is 0.407 e. The fraction of sp³-hybridized carbons (Fsp3) is 0.444. The molecule has 0 fully saturated rings. The van der Waals surface area contributed by atoms with E-state index >= 15 is 0 Å². The molecule has 5 heteroatoms. The summed E-state index contributed by atoms with van der Waals surface area (Å²) < 4.78 is 13.4. The smallest absolute Gasteiger partial charge is 0.261 e. The Balaban J connectivity index is 1.92. The minimum atomic E-state index is -2.66. The van der Waals surface area contributed by atoms with Gasteiger partial charge in [-0.25, -0.2) is 0 Å². The molecule has 0 aliphatic carbocycles. The van der Waals surface area contributed by atoms with Gasteiger partial charge in [-0.3, -0.25) is 0 Å². The molecule has 0 spiro atoms. The van der Waals surface area contributed by atoms with E-state index in [1.165, 1.54) is 15.6 Å². The van der Waals surface area contributed by atoms with Crippen LogP contribution in [-0.2, 0) is 9.16 Å². The number of rotatable bonds is 13. The van der Waals surface area contributed by atoms with Gasteiger partial charge in [0.05, 0.1) is 20.3 Å². The zero-order valence-electron chi connectivity index (χ0n) is 26.7. The maximum Gasteiger partial charge on any atom is 0.261 e. The number of benzene rings is 3. The number of methoxy groups -OCH3 is 1. The highest BCUT2D eigenvalue weighted by molar-refractivity contribution is 6.99. The van der Waals surface area contributed by atoms with Crippen molar-refractivity contribution in [2.45, 2.75) is 77.4 Å². The fourth-order valence-electron chi connectivity index (χ4n) is 6.65. The molecule has 41 heavy (non-hydrogen) atoms. The Morgan fingerprint density at radius 2 is 1.22 bits per heavy atom. The zero-order chi connectivity index (χ0) is 30.3. The lowest BCUT2D eigenvalue weighted by molar-refractivity contribution is -0.0429. The van der Waals surface area contributed by atoms with E-state index in [0.717, 1.165) is 0 Å². The van der Waals surface area contributed by atoms with Crippen LogP contribution in [0.1, 0.15) is 41.5 Å². The van der Waals surface area contributed by atoms with Crippen LogP contribution in [0.15, 0.2) is 103 Å². The summed E-state index contributed by atoms with van der Waals surface area (Å²) in [4.78, 5) is 0. The van der Waals surface area contributed by atoms with Crippen molar-refractivity contribution in [2.75, 3.05) is 13.7 Å². The van der Waals surface area contributed by atoms with Gasteiger partial charge in [-0.2, -0.15) is 0 Å². The van der Waals surface area contributed by atoms with E-state index < -0.39 is 22.5 Å². The van der Waals surface area contributed by atoms with Gasteiger partial charge in [-0.05, 0) is 22.3 Å². The number of aliphatic hydroxyl groups is 1. The Morgan fingerprint density at radius 3 is 1.61 bits per heavy atom. The van der Waals surface area contributed by atoms with Gasteiger partial charge in [0.2, 0.25) is 0 Å². The molecule has 3 aromatic rings. The lowest BCUT2D eigenvalue weighted by atomic mass is 9.88. The van der Waals surface area contributed by atoms with Gasteiger partial charge < -0.3 is 14.3 Å². The summed E-state index contributed by atoms with van der Waals surface area (Å²) in [5.41, 5.74) is 0.0624. The molecule has 1 N–H and O–H groups in total. The van der Waals surface area contributed by atoms with Gasteiger partial charge in [0.15, 0.2) is 0 Å². The molecule has 0 saturated heterocycles. The Kier molecular flexibility index (Phi) is 11.6. The van der Waals surface area contributed by atoms with Crippen LogP contribution in [0.2, 0.25) is 23.7 Å². The van der Waals surface area contributed by atoms with Crippen molar-refractivity contribution in [3.63, 3.8) is 0 Å².